The average Bonchev–Trinajstić information content (AvgIpc) is 2.45. The SMILES string of the molecule is CC(=O)N(CCC(=O)NCCCN(C)C)c1c(C)cc(C)cc1C. The second-order valence-electron chi connectivity index (χ2n) is 6.67. The molecule has 1 aromatic carbocycles. The minimum Gasteiger partial charge on any atom is -0.356 e. The number of benzene rings is 1. The molecule has 1 rings (SSSR count). The number of hydrogen-bond donors (Lipinski definition) is 1. The fourth-order valence-corrected chi connectivity index (χ4v) is 2.95. The van der Waals surface area contributed by atoms with Crippen molar-refractivity contribution in [3.05, 3.63) is 28.8 Å². The highest BCUT2D eigenvalue weighted by molar-refractivity contribution is 5.94. The first-order valence-corrected chi connectivity index (χ1v) is 8.49. The summed E-state index contributed by atoms with van der Waals surface area (Å²) in [5, 5.41) is 2.92. The van der Waals surface area contributed by atoms with Crippen LogP contribution < -0.4 is 10.2 Å². The first-order valence-electron chi connectivity index (χ1n) is 8.49. The molecule has 0 heterocycles. The van der Waals surface area contributed by atoms with Crippen molar-refractivity contribution in [1.29, 1.82) is 0 Å². The van der Waals surface area contributed by atoms with Crippen molar-refractivity contribution < 1.29 is 9.59 Å². The molecule has 1 N–H and O–H groups in total. The van der Waals surface area contributed by atoms with Gasteiger partial charge in [-0.2, -0.15) is 0 Å². The summed E-state index contributed by atoms with van der Waals surface area (Å²) in [6, 6.07) is 4.14. The second kappa shape index (κ2) is 9.42. The number of anilines is 1. The van der Waals surface area contributed by atoms with Gasteiger partial charge in [-0.25, -0.2) is 0 Å². The van der Waals surface area contributed by atoms with E-state index in [1.807, 2.05) is 34.9 Å². The zero-order valence-corrected chi connectivity index (χ0v) is 15.9. The van der Waals surface area contributed by atoms with Crippen LogP contribution in [0.1, 0.15) is 36.5 Å². The molecule has 5 nitrogen and oxygen atoms in total. The maximum Gasteiger partial charge on any atom is 0.223 e. The number of amides is 2. The molecule has 0 unspecified atom stereocenters. The van der Waals surface area contributed by atoms with Crippen LogP contribution in [0.5, 0.6) is 0 Å². The van der Waals surface area contributed by atoms with Crippen molar-refractivity contribution in [3.63, 3.8) is 0 Å². The number of hydrogen-bond acceptors (Lipinski definition) is 3. The molecule has 0 radical (unpaired) electrons. The summed E-state index contributed by atoms with van der Waals surface area (Å²) in [5.74, 6) is -0.0483. The highest BCUT2D eigenvalue weighted by Gasteiger charge is 2.17. The topological polar surface area (TPSA) is 52.7 Å². The maximum absolute atomic E-state index is 12.1. The summed E-state index contributed by atoms with van der Waals surface area (Å²) < 4.78 is 0. The molecular formula is C19H31N3O2. The van der Waals surface area contributed by atoms with Crippen LogP contribution in [0.25, 0.3) is 0 Å². The van der Waals surface area contributed by atoms with Gasteiger partial charge in [0.15, 0.2) is 0 Å². The molecule has 0 bridgehead atoms. The summed E-state index contributed by atoms with van der Waals surface area (Å²) in [7, 11) is 4.03. The molecule has 5 heteroatoms. The Morgan fingerprint density at radius 3 is 2.12 bits per heavy atom. The Morgan fingerprint density at radius 1 is 1.04 bits per heavy atom. The number of nitrogens with one attached hydrogen (secondary N) is 1. The predicted molar refractivity (Wildman–Crippen MR) is 99.5 cm³/mol. The van der Waals surface area contributed by atoms with Crippen LogP contribution in [0.15, 0.2) is 12.1 Å². The van der Waals surface area contributed by atoms with Gasteiger partial charge in [-0.1, -0.05) is 17.7 Å². The van der Waals surface area contributed by atoms with Crippen molar-refractivity contribution in [2.24, 2.45) is 0 Å². The summed E-state index contributed by atoms with van der Waals surface area (Å²) in [4.78, 5) is 27.9. The van der Waals surface area contributed by atoms with Crippen molar-refractivity contribution in [2.45, 2.75) is 40.5 Å². The molecule has 1 aromatic rings. The summed E-state index contributed by atoms with van der Waals surface area (Å²) in [6.45, 7) is 9.62. The molecule has 2 amide bonds. The van der Waals surface area contributed by atoms with Crippen molar-refractivity contribution in [3.8, 4) is 0 Å². The van der Waals surface area contributed by atoms with Gasteiger partial charge in [0.05, 0.1) is 0 Å². The molecule has 134 valence electrons. The van der Waals surface area contributed by atoms with Crippen LogP contribution in [-0.4, -0.2) is 50.4 Å². The molecule has 0 aliphatic heterocycles. The third kappa shape index (κ3) is 6.32. The normalized spacial score (nSPS) is 10.8. The van der Waals surface area contributed by atoms with Gasteiger partial charge in [0.25, 0.3) is 0 Å². The first-order chi connectivity index (χ1) is 11.2. The number of nitrogens with zero attached hydrogens (tertiary/aromatic N) is 2. The van der Waals surface area contributed by atoms with Crippen LogP contribution in [0.2, 0.25) is 0 Å². The van der Waals surface area contributed by atoms with Gasteiger partial charge in [-0.3, -0.25) is 9.59 Å². The van der Waals surface area contributed by atoms with Crippen molar-refractivity contribution in [2.75, 3.05) is 38.6 Å². The fourth-order valence-electron chi connectivity index (χ4n) is 2.95. The summed E-state index contributed by atoms with van der Waals surface area (Å²) >= 11 is 0. The van der Waals surface area contributed by atoms with Crippen molar-refractivity contribution >= 4 is 17.5 Å². The molecule has 0 atom stereocenters. The average molecular weight is 333 g/mol. The lowest BCUT2D eigenvalue weighted by Gasteiger charge is -2.25. The predicted octanol–water partition coefficient (Wildman–Crippen LogP) is 2.42. The quantitative estimate of drug-likeness (QED) is 0.743. The van der Waals surface area contributed by atoms with E-state index in [0.29, 0.717) is 19.5 Å². The van der Waals surface area contributed by atoms with E-state index in [2.05, 4.69) is 22.3 Å². The lowest BCUT2D eigenvalue weighted by Crippen LogP contribution is -2.35. The zero-order chi connectivity index (χ0) is 18.3. The van der Waals surface area contributed by atoms with Gasteiger partial charge in [0.1, 0.15) is 0 Å². The Kier molecular flexibility index (Phi) is 7.92. The van der Waals surface area contributed by atoms with Gasteiger partial charge in [0.2, 0.25) is 11.8 Å². The van der Waals surface area contributed by atoms with Crippen LogP contribution >= 0.6 is 0 Å². The Morgan fingerprint density at radius 2 is 1.62 bits per heavy atom. The molecule has 0 aliphatic carbocycles. The second-order valence-corrected chi connectivity index (χ2v) is 6.67. The highest BCUT2D eigenvalue weighted by Crippen LogP contribution is 2.26. The molecule has 0 saturated heterocycles. The van der Waals surface area contributed by atoms with Gasteiger partial charge in [-0.15, -0.1) is 0 Å². The maximum atomic E-state index is 12.1. The smallest absolute Gasteiger partial charge is 0.223 e. The zero-order valence-electron chi connectivity index (χ0n) is 15.9. The van der Waals surface area contributed by atoms with Gasteiger partial charge < -0.3 is 15.1 Å². The lowest BCUT2D eigenvalue weighted by atomic mass is 10.0. The van der Waals surface area contributed by atoms with Crippen LogP contribution in [0.4, 0.5) is 5.69 Å². The Balaban J connectivity index is 2.65. The van der Waals surface area contributed by atoms with E-state index in [4.69, 9.17) is 0 Å². The molecule has 0 aliphatic rings. The van der Waals surface area contributed by atoms with E-state index < -0.39 is 0 Å². The van der Waals surface area contributed by atoms with E-state index in [1.54, 1.807) is 11.8 Å². The van der Waals surface area contributed by atoms with E-state index >= 15 is 0 Å². The number of carbonyl (C=O) groups excluding carboxylic acids is 2. The minimum absolute atomic E-state index is 0.0116. The number of carbonyl (C=O) groups is 2. The van der Waals surface area contributed by atoms with Crippen LogP contribution in [0.3, 0.4) is 0 Å². The highest BCUT2D eigenvalue weighted by atomic mass is 16.2. The third-order valence-electron chi connectivity index (χ3n) is 3.95. The van der Waals surface area contributed by atoms with Crippen molar-refractivity contribution in [1.82, 2.24) is 10.2 Å². The molecule has 0 spiro atoms. The van der Waals surface area contributed by atoms with Crippen LogP contribution in [0, 0.1) is 20.8 Å². The Bertz CT molecular complexity index is 559. The monoisotopic (exact) mass is 333 g/mol. The standard InChI is InChI=1S/C19H31N3O2/c1-14-12-15(2)19(16(3)13-14)22(17(4)23)11-8-18(24)20-9-7-10-21(5)6/h12-13H,7-11H2,1-6H3,(H,20,24). The minimum atomic E-state index is -0.0366. The van der Waals surface area contributed by atoms with E-state index in [9.17, 15) is 9.59 Å². The molecule has 0 fully saturated rings. The number of rotatable bonds is 8. The Hall–Kier alpha value is -1.88. The first kappa shape index (κ1) is 20.2. The van der Waals surface area contributed by atoms with E-state index in [-0.39, 0.29) is 11.8 Å². The van der Waals surface area contributed by atoms with Gasteiger partial charge in [0, 0.05) is 32.1 Å². The molecule has 0 aromatic heterocycles. The molecule has 0 saturated carbocycles. The molecular weight excluding hydrogens is 302 g/mol. The fraction of sp³-hybridized carbons (Fsp3) is 0.579. The summed E-state index contributed by atoms with van der Waals surface area (Å²) in [6.07, 6.45) is 1.24. The molecule has 24 heavy (non-hydrogen) atoms. The third-order valence-corrected chi connectivity index (χ3v) is 3.95. The Labute approximate surface area is 146 Å². The van der Waals surface area contributed by atoms with E-state index in [0.717, 1.165) is 29.8 Å². The van der Waals surface area contributed by atoms with Gasteiger partial charge in [-0.05, 0) is 59.0 Å². The van der Waals surface area contributed by atoms with E-state index in [1.165, 1.54) is 5.56 Å². The largest absolute Gasteiger partial charge is 0.356 e. The summed E-state index contributed by atoms with van der Waals surface area (Å²) in [5.41, 5.74) is 4.23. The van der Waals surface area contributed by atoms with Gasteiger partial charge >= 0.3 is 0 Å². The number of aryl methyl sites for hydroxylation is 3. The lowest BCUT2D eigenvalue weighted by molar-refractivity contribution is -0.121. The van der Waals surface area contributed by atoms with Crippen LogP contribution in [-0.2, 0) is 9.59 Å².